The number of nitrogens with zero attached hydrogens (tertiary/aromatic N) is 2. The van der Waals surface area contributed by atoms with Crippen LogP contribution in [-0.4, -0.2) is 16.1 Å². The molecule has 20 heavy (non-hydrogen) atoms. The Labute approximate surface area is 117 Å². The molecule has 0 bridgehead atoms. The Morgan fingerprint density at radius 1 is 1.35 bits per heavy atom. The maximum atomic E-state index is 14.0. The number of imidazole rings is 1. The molecular formula is C15H19F2N3. The molecule has 0 saturated carbocycles. The third kappa shape index (κ3) is 3.22. The Bertz CT molecular complexity index is 566. The molecule has 0 aliphatic rings. The lowest BCUT2D eigenvalue weighted by Crippen LogP contribution is -2.27. The van der Waals surface area contributed by atoms with Crippen LogP contribution in [0, 0.1) is 18.6 Å². The maximum absolute atomic E-state index is 14.0. The maximum Gasteiger partial charge on any atom is 0.163 e. The summed E-state index contributed by atoms with van der Waals surface area (Å²) >= 11 is 0. The van der Waals surface area contributed by atoms with Gasteiger partial charge in [0.1, 0.15) is 5.82 Å². The topological polar surface area (TPSA) is 29.9 Å². The van der Waals surface area contributed by atoms with Crippen molar-refractivity contribution in [3.05, 3.63) is 53.6 Å². The largest absolute Gasteiger partial charge is 0.333 e. The van der Waals surface area contributed by atoms with Gasteiger partial charge in [-0.05, 0) is 26.0 Å². The molecule has 1 aromatic carbocycles. The van der Waals surface area contributed by atoms with E-state index in [-0.39, 0.29) is 6.04 Å². The molecule has 0 spiro atoms. The van der Waals surface area contributed by atoms with Crippen LogP contribution in [0.15, 0.2) is 30.6 Å². The van der Waals surface area contributed by atoms with Gasteiger partial charge in [0, 0.05) is 24.5 Å². The zero-order valence-electron chi connectivity index (χ0n) is 11.7. The summed E-state index contributed by atoms with van der Waals surface area (Å²) in [6.07, 6.45) is 4.47. The van der Waals surface area contributed by atoms with Gasteiger partial charge in [0.2, 0.25) is 0 Å². The van der Waals surface area contributed by atoms with Gasteiger partial charge in [-0.1, -0.05) is 19.1 Å². The monoisotopic (exact) mass is 279 g/mol. The van der Waals surface area contributed by atoms with E-state index in [0.29, 0.717) is 12.1 Å². The van der Waals surface area contributed by atoms with E-state index >= 15 is 0 Å². The fourth-order valence-electron chi connectivity index (χ4n) is 2.17. The number of hydrogen-bond acceptors (Lipinski definition) is 2. The third-order valence-electron chi connectivity index (χ3n) is 3.30. The van der Waals surface area contributed by atoms with Gasteiger partial charge < -0.3 is 9.88 Å². The van der Waals surface area contributed by atoms with Crippen LogP contribution < -0.4 is 5.32 Å². The van der Waals surface area contributed by atoms with Crippen molar-refractivity contribution in [3.8, 4) is 0 Å². The quantitative estimate of drug-likeness (QED) is 0.880. The Morgan fingerprint density at radius 3 is 2.80 bits per heavy atom. The number of aromatic nitrogens is 2. The Kier molecular flexibility index (Phi) is 4.84. The smallest absolute Gasteiger partial charge is 0.163 e. The predicted molar refractivity (Wildman–Crippen MR) is 74.4 cm³/mol. The highest BCUT2D eigenvalue weighted by Gasteiger charge is 2.18. The van der Waals surface area contributed by atoms with Gasteiger partial charge >= 0.3 is 0 Å². The second kappa shape index (κ2) is 6.61. The van der Waals surface area contributed by atoms with Gasteiger partial charge in [-0.2, -0.15) is 0 Å². The van der Waals surface area contributed by atoms with Gasteiger partial charge in [-0.3, -0.25) is 0 Å². The van der Waals surface area contributed by atoms with Crippen LogP contribution in [0.2, 0.25) is 0 Å². The van der Waals surface area contributed by atoms with E-state index in [1.54, 1.807) is 12.3 Å². The predicted octanol–water partition coefficient (Wildman–Crippen LogP) is 3.21. The zero-order valence-corrected chi connectivity index (χ0v) is 11.7. The fraction of sp³-hybridized carbons (Fsp3) is 0.400. The second-order valence-electron chi connectivity index (χ2n) is 4.78. The zero-order chi connectivity index (χ0) is 14.5. The van der Waals surface area contributed by atoms with E-state index in [1.165, 1.54) is 6.07 Å². The van der Waals surface area contributed by atoms with Gasteiger partial charge in [0.15, 0.2) is 11.6 Å². The summed E-state index contributed by atoms with van der Waals surface area (Å²) in [5.74, 6) is -0.739. The number of rotatable bonds is 6. The van der Waals surface area contributed by atoms with Crippen molar-refractivity contribution in [2.75, 3.05) is 6.54 Å². The first-order chi connectivity index (χ1) is 9.63. The highest BCUT2D eigenvalue weighted by molar-refractivity contribution is 5.22. The van der Waals surface area contributed by atoms with Gasteiger partial charge in [-0.25, -0.2) is 13.8 Å². The Hall–Kier alpha value is -1.75. The van der Waals surface area contributed by atoms with Gasteiger partial charge in [0.05, 0.1) is 6.04 Å². The lowest BCUT2D eigenvalue weighted by Gasteiger charge is -2.21. The second-order valence-corrected chi connectivity index (χ2v) is 4.78. The minimum Gasteiger partial charge on any atom is -0.333 e. The van der Waals surface area contributed by atoms with Gasteiger partial charge in [0.25, 0.3) is 0 Å². The van der Waals surface area contributed by atoms with Crippen molar-refractivity contribution in [2.24, 2.45) is 0 Å². The molecule has 1 N–H and O–H groups in total. The number of halogens is 2. The molecule has 0 aliphatic carbocycles. The van der Waals surface area contributed by atoms with E-state index in [9.17, 15) is 8.78 Å². The highest BCUT2D eigenvalue weighted by Crippen LogP contribution is 2.21. The van der Waals surface area contributed by atoms with Crippen LogP contribution in [0.1, 0.15) is 30.8 Å². The molecular weight excluding hydrogens is 260 g/mol. The average Bonchev–Trinajstić information content (AvgIpc) is 2.83. The van der Waals surface area contributed by atoms with Crippen LogP contribution >= 0.6 is 0 Å². The number of benzene rings is 1. The standard InChI is InChI=1S/C15H19F2N3/c1-3-7-19-14(10-20-9-8-18-11(20)2)12-5-4-6-13(16)15(12)17/h4-6,8-9,14,19H,3,7,10H2,1-2H3. The minimum absolute atomic E-state index is 0.279. The molecule has 0 saturated heterocycles. The highest BCUT2D eigenvalue weighted by atomic mass is 19.2. The first-order valence-corrected chi connectivity index (χ1v) is 6.78. The van der Waals surface area contributed by atoms with Crippen LogP contribution in [0.5, 0.6) is 0 Å². The van der Waals surface area contributed by atoms with Crippen molar-refractivity contribution in [1.82, 2.24) is 14.9 Å². The molecule has 2 rings (SSSR count). The number of nitrogens with one attached hydrogen (secondary N) is 1. The molecule has 5 heteroatoms. The summed E-state index contributed by atoms with van der Waals surface area (Å²) in [5.41, 5.74) is 0.353. The van der Waals surface area contributed by atoms with Crippen LogP contribution in [0.25, 0.3) is 0 Å². The summed E-state index contributed by atoms with van der Waals surface area (Å²) < 4.78 is 29.3. The van der Waals surface area contributed by atoms with Crippen LogP contribution in [0.3, 0.4) is 0 Å². The molecule has 1 unspecified atom stereocenters. The molecule has 3 nitrogen and oxygen atoms in total. The summed E-state index contributed by atoms with van der Waals surface area (Å²) in [5, 5.41) is 3.26. The molecule has 1 atom stereocenters. The van der Waals surface area contributed by atoms with Crippen LogP contribution in [0.4, 0.5) is 8.78 Å². The van der Waals surface area contributed by atoms with Gasteiger partial charge in [-0.15, -0.1) is 0 Å². The molecule has 2 aromatic rings. The van der Waals surface area contributed by atoms with Crippen molar-refractivity contribution in [2.45, 2.75) is 32.9 Å². The Morgan fingerprint density at radius 2 is 2.15 bits per heavy atom. The lowest BCUT2D eigenvalue weighted by molar-refractivity contribution is 0.423. The summed E-state index contributed by atoms with van der Waals surface area (Å²) in [4.78, 5) is 4.15. The summed E-state index contributed by atoms with van der Waals surface area (Å²) in [6, 6.07) is 4.02. The normalized spacial score (nSPS) is 12.6. The molecule has 1 aromatic heterocycles. The minimum atomic E-state index is -0.812. The van der Waals surface area contributed by atoms with Crippen LogP contribution in [-0.2, 0) is 6.54 Å². The first-order valence-electron chi connectivity index (χ1n) is 6.78. The number of hydrogen-bond donors (Lipinski definition) is 1. The lowest BCUT2D eigenvalue weighted by atomic mass is 10.1. The molecule has 108 valence electrons. The first kappa shape index (κ1) is 14.7. The molecule has 0 aliphatic heterocycles. The van der Waals surface area contributed by atoms with Crippen molar-refractivity contribution >= 4 is 0 Å². The number of aryl methyl sites for hydroxylation is 1. The molecule has 1 heterocycles. The van der Waals surface area contributed by atoms with Crippen molar-refractivity contribution < 1.29 is 8.78 Å². The Balaban J connectivity index is 2.27. The van der Waals surface area contributed by atoms with E-state index in [2.05, 4.69) is 10.3 Å². The van der Waals surface area contributed by atoms with Crippen molar-refractivity contribution in [3.63, 3.8) is 0 Å². The fourth-order valence-corrected chi connectivity index (χ4v) is 2.17. The SMILES string of the molecule is CCCNC(Cn1ccnc1C)c1cccc(F)c1F. The van der Waals surface area contributed by atoms with E-state index in [1.807, 2.05) is 24.6 Å². The van der Waals surface area contributed by atoms with E-state index in [4.69, 9.17) is 0 Å². The average molecular weight is 279 g/mol. The molecule has 0 amide bonds. The van der Waals surface area contributed by atoms with E-state index in [0.717, 1.165) is 24.9 Å². The van der Waals surface area contributed by atoms with E-state index < -0.39 is 11.6 Å². The van der Waals surface area contributed by atoms with Crippen molar-refractivity contribution in [1.29, 1.82) is 0 Å². The molecule has 0 radical (unpaired) electrons. The molecule has 0 fully saturated rings. The summed E-state index contributed by atoms with van der Waals surface area (Å²) in [7, 11) is 0. The summed E-state index contributed by atoms with van der Waals surface area (Å²) in [6.45, 7) is 5.19. The third-order valence-corrected chi connectivity index (χ3v) is 3.30.